The Morgan fingerprint density at radius 1 is 0.407 bits per heavy atom. The van der Waals surface area contributed by atoms with E-state index in [-0.39, 0.29) is 22.3 Å². The van der Waals surface area contributed by atoms with E-state index < -0.39 is 0 Å². The average molecular weight is 377 g/mol. The zero-order valence-corrected chi connectivity index (χ0v) is 14.6. The molecule has 0 saturated heterocycles. The summed E-state index contributed by atoms with van der Waals surface area (Å²) in [5.74, 6) is 0. The standard InChI is InChI=1S/2C10H12O2.3CH4/c2*1-9(7-11)5-3-4-6-10(2)8-12;;;/h2*3-8H,1-2H3;3*1H4/b4-3+,9-5?,10-6?;4-3+,9-5+,10-6+;;;. The molecule has 152 valence electrons. The Hall–Kier alpha value is -2.88. The van der Waals surface area contributed by atoms with Crippen molar-refractivity contribution in [3.8, 4) is 0 Å². The molecule has 0 aromatic rings. The Bertz CT molecular complexity index is 492. The zero-order valence-electron chi connectivity index (χ0n) is 14.6. The van der Waals surface area contributed by atoms with E-state index >= 15 is 0 Å². The number of hydrogen-bond donors (Lipinski definition) is 0. The Morgan fingerprint density at radius 2 is 0.556 bits per heavy atom. The molecule has 0 heterocycles. The highest BCUT2D eigenvalue weighted by Crippen LogP contribution is 1.91. The SMILES string of the molecule is C.C.C.CC(C=O)=C/C=C/C=C(C)C=O.C\C(C=O)=C/C=C/C=C(\C)C=O. The van der Waals surface area contributed by atoms with Crippen LogP contribution in [0.25, 0.3) is 0 Å². The Morgan fingerprint density at radius 3 is 0.667 bits per heavy atom. The van der Waals surface area contributed by atoms with Crippen LogP contribution in [0.4, 0.5) is 0 Å². The summed E-state index contributed by atoms with van der Waals surface area (Å²) < 4.78 is 0. The van der Waals surface area contributed by atoms with E-state index in [9.17, 15) is 19.2 Å². The van der Waals surface area contributed by atoms with Crippen LogP contribution in [0, 0.1) is 0 Å². The lowest BCUT2D eigenvalue weighted by Crippen LogP contribution is -1.73. The molecular weight excluding hydrogens is 340 g/mol. The molecule has 0 aromatic carbocycles. The van der Waals surface area contributed by atoms with Crippen molar-refractivity contribution in [2.24, 2.45) is 0 Å². The van der Waals surface area contributed by atoms with Crippen LogP contribution in [0.1, 0.15) is 50.0 Å². The minimum absolute atomic E-state index is 0. The molecule has 0 unspecified atom stereocenters. The molecule has 0 atom stereocenters. The van der Waals surface area contributed by atoms with Crippen LogP contribution in [-0.4, -0.2) is 25.1 Å². The fourth-order valence-electron chi connectivity index (χ4n) is 0.986. The lowest BCUT2D eigenvalue weighted by Gasteiger charge is -1.81. The number of carbonyl (C=O) groups is 4. The van der Waals surface area contributed by atoms with Gasteiger partial charge in [-0.3, -0.25) is 19.2 Å². The first-order valence-corrected chi connectivity index (χ1v) is 7.25. The highest BCUT2D eigenvalue weighted by molar-refractivity contribution is 5.74. The minimum Gasteiger partial charge on any atom is -0.298 e. The van der Waals surface area contributed by atoms with E-state index in [1.807, 2.05) is 0 Å². The summed E-state index contributed by atoms with van der Waals surface area (Å²) >= 11 is 0. The fourth-order valence-corrected chi connectivity index (χ4v) is 0.986. The van der Waals surface area contributed by atoms with E-state index in [0.717, 1.165) is 25.1 Å². The lowest BCUT2D eigenvalue weighted by molar-refractivity contribution is -0.105. The molecule has 0 fully saturated rings. The molecular formula is C23H36O4. The molecule has 0 bridgehead atoms. The third-order valence-corrected chi connectivity index (χ3v) is 2.40. The largest absolute Gasteiger partial charge is 0.298 e. The van der Waals surface area contributed by atoms with Gasteiger partial charge in [0.2, 0.25) is 0 Å². The fraction of sp³-hybridized carbons (Fsp3) is 0.304. The molecule has 0 amide bonds. The second-order valence-electron chi connectivity index (χ2n) is 4.88. The van der Waals surface area contributed by atoms with Gasteiger partial charge in [-0.25, -0.2) is 0 Å². The Kier molecular flexibility index (Phi) is 33.1. The predicted molar refractivity (Wildman–Crippen MR) is 118 cm³/mol. The molecule has 0 N–H and O–H groups in total. The van der Waals surface area contributed by atoms with Gasteiger partial charge in [0.25, 0.3) is 0 Å². The van der Waals surface area contributed by atoms with Crippen molar-refractivity contribution < 1.29 is 19.2 Å². The van der Waals surface area contributed by atoms with Crippen LogP contribution in [0.3, 0.4) is 0 Å². The molecule has 0 spiro atoms. The van der Waals surface area contributed by atoms with E-state index in [1.54, 1.807) is 76.3 Å². The van der Waals surface area contributed by atoms with Gasteiger partial charge in [-0.05, 0) is 50.0 Å². The summed E-state index contributed by atoms with van der Waals surface area (Å²) in [4.78, 5) is 40.5. The third kappa shape index (κ3) is 28.2. The number of hydrogen-bond acceptors (Lipinski definition) is 4. The maximum atomic E-state index is 10.1. The van der Waals surface area contributed by atoms with Crippen molar-refractivity contribution >= 4 is 25.1 Å². The average Bonchev–Trinajstić information content (AvgIpc) is 2.61. The van der Waals surface area contributed by atoms with Gasteiger partial charge in [0.1, 0.15) is 25.1 Å². The maximum absolute atomic E-state index is 10.1. The van der Waals surface area contributed by atoms with E-state index in [4.69, 9.17) is 0 Å². The molecule has 4 heteroatoms. The minimum atomic E-state index is 0. The zero-order chi connectivity index (χ0) is 18.8. The molecule has 0 aliphatic rings. The smallest absolute Gasteiger partial charge is 0.145 e. The summed E-state index contributed by atoms with van der Waals surface area (Å²) in [6.07, 6.45) is 16.7. The summed E-state index contributed by atoms with van der Waals surface area (Å²) in [5, 5.41) is 0. The predicted octanol–water partition coefficient (Wildman–Crippen LogP) is 5.57. The van der Waals surface area contributed by atoms with E-state index in [0.29, 0.717) is 22.3 Å². The normalized spacial score (nSPS) is 12.0. The quantitative estimate of drug-likeness (QED) is 0.315. The highest BCUT2D eigenvalue weighted by Gasteiger charge is 1.80. The van der Waals surface area contributed by atoms with Gasteiger partial charge in [-0.15, -0.1) is 0 Å². The number of allylic oxidation sites excluding steroid dienone is 12. The topological polar surface area (TPSA) is 68.3 Å². The summed E-state index contributed by atoms with van der Waals surface area (Å²) in [6.45, 7) is 6.86. The second kappa shape index (κ2) is 25.4. The molecule has 0 rings (SSSR count). The van der Waals surface area contributed by atoms with Gasteiger partial charge in [0.05, 0.1) is 0 Å². The first-order chi connectivity index (χ1) is 11.4. The number of aldehydes is 4. The molecule has 0 aromatic heterocycles. The molecule has 4 nitrogen and oxygen atoms in total. The summed E-state index contributed by atoms with van der Waals surface area (Å²) in [6, 6.07) is 0. The molecule has 27 heavy (non-hydrogen) atoms. The maximum Gasteiger partial charge on any atom is 0.145 e. The molecule has 0 aliphatic carbocycles. The molecule has 0 aliphatic heterocycles. The van der Waals surface area contributed by atoms with Gasteiger partial charge < -0.3 is 0 Å². The van der Waals surface area contributed by atoms with Crippen LogP contribution in [0.5, 0.6) is 0 Å². The van der Waals surface area contributed by atoms with Crippen molar-refractivity contribution in [2.75, 3.05) is 0 Å². The molecule has 0 saturated carbocycles. The van der Waals surface area contributed by atoms with Crippen LogP contribution in [0.15, 0.2) is 70.9 Å². The van der Waals surface area contributed by atoms with Gasteiger partial charge in [-0.2, -0.15) is 0 Å². The monoisotopic (exact) mass is 376 g/mol. The summed E-state index contributed by atoms with van der Waals surface area (Å²) in [7, 11) is 0. The van der Waals surface area contributed by atoms with Gasteiger partial charge in [0, 0.05) is 0 Å². The lowest BCUT2D eigenvalue weighted by atomic mass is 10.2. The van der Waals surface area contributed by atoms with Crippen molar-refractivity contribution in [1.82, 2.24) is 0 Å². The van der Waals surface area contributed by atoms with Gasteiger partial charge >= 0.3 is 0 Å². The van der Waals surface area contributed by atoms with Crippen molar-refractivity contribution in [2.45, 2.75) is 50.0 Å². The van der Waals surface area contributed by atoms with Gasteiger partial charge in [-0.1, -0.05) is 70.9 Å². The van der Waals surface area contributed by atoms with Crippen LogP contribution in [-0.2, 0) is 19.2 Å². The first kappa shape index (κ1) is 35.3. The highest BCUT2D eigenvalue weighted by atomic mass is 16.1. The molecule has 0 radical (unpaired) electrons. The van der Waals surface area contributed by atoms with E-state index in [2.05, 4.69) is 0 Å². The van der Waals surface area contributed by atoms with Crippen LogP contribution < -0.4 is 0 Å². The Labute approximate surface area is 165 Å². The second-order valence-corrected chi connectivity index (χ2v) is 4.88. The van der Waals surface area contributed by atoms with Gasteiger partial charge in [0.15, 0.2) is 0 Å². The van der Waals surface area contributed by atoms with Crippen molar-refractivity contribution in [3.63, 3.8) is 0 Å². The van der Waals surface area contributed by atoms with Crippen LogP contribution in [0.2, 0.25) is 0 Å². The Balaban J connectivity index is -0.000000108. The van der Waals surface area contributed by atoms with Crippen molar-refractivity contribution in [1.29, 1.82) is 0 Å². The van der Waals surface area contributed by atoms with Crippen molar-refractivity contribution in [3.05, 3.63) is 70.9 Å². The van der Waals surface area contributed by atoms with E-state index in [1.165, 1.54) is 0 Å². The first-order valence-electron chi connectivity index (χ1n) is 7.25. The third-order valence-electron chi connectivity index (χ3n) is 2.40. The number of carbonyl (C=O) groups excluding carboxylic acids is 4. The van der Waals surface area contributed by atoms with Crippen LogP contribution >= 0.6 is 0 Å². The summed E-state index contributed by atoms with van der Waals surface area (Å²) in [5.41, 5.74) is 2.62. The number of rotatable bonds is 8.